The van der Waals surface area contributed by atoms with E-state index >= 15 is 0 Å². The topological polar surface area (TPSA) is 125 Å². The third kappa shape index (κ3) is 52.3. The zero-order valence-electron chi connectivity index (χ0n) is 46.6. The summed E-state index contributed by atoms with van der Waals surface area (Å²) in [6.45, 7) is 4.43. The normalized spacial score (nSPS) is 15.0. The van der Waals surface area contributed by atoms with E-state index in [1.165, 1.54) is 128 Å². The van der Waals surface area contributed by atoms with Crippen molar-refractivity contribution in [2.45, 2.75) is 257 Å². The SMILES string of the molecule is CC/C=C\C/C=C\C/C=C\C/C=C\C/C=C\CCCCCCCCCCCCCCCCCCCCCC(=O)NC(COP(=O)(O)OCC[N+](C)(C)C)C(O)C(O)CCC/C=C/CC/C=C/CCCCC. The number of quaternary nitrogens is 1. The summed E-state index contributed by atoms with van der Waals surface area (Å²) in [5.41, 5.74) is 0. The van der Waals surface area contributed by atoms with E-state index in [1.807, 2.05) is 21.1 Å². The van der Waals surface area contributed by atoms with Gasteiger partial charge in [0.2, 0.25) is 5.91 Å². The number of phosphoric acid groups is 1. The Bertz CT molecular complexity index is 1450. The first-order chi connectivity index (χ1) is 34.4. The molecule has 4 N–H and O–H groups in total. The maximum absolute atomic E-state index is 13.0. The molecule has 0 aliphatic carbocycles. The highest BCUT2D eigenvalue weighted by molar-refractivity contribution is 7.47. The molecular weight excluding hydrogens is 904 g/mol. The maximum atomic E-state index is 13.0. The first-order valence-electron chi connectivity index (χ1n) is 29.0. The van der Waals surface area contributed by atoms with Gasteiger partial charge in [0.1, 0.15) is 19.3 Å². The van der Waals surface area contributed by atoms with E-state index in [9.17, 15) is 24.5 Å². The second-order valence-electron chi connectivity index (χ2n) is 20.8. The lowest BCUT2D eigenvalue weighted by atomic mass is 10.0. The van der Waals surface area contributed by atoms with Crippen molar-refractivity contribution in [2.24, 2.45) is 0 Å². The molecule has 71 heavy (non-hydrogen) atoms. The van der Waals surface area contributed by atoms with Gasteiger partial charge in [-0.15, -0.1) is 0 Å². The minimum absolute atomic E-state index is 0.0120. The summed E-state index contributed by atoms with van der Waals surface area (Å²) in [5, 5.41) is 24.7. The highest BCUT2D eigenvalue weighted by Gasteiger charge is 2.31. The van der Waals surface area contributed by atoms with Gasteiger partial charge in [-0.2, -0.15) is 0 Å². The van der Waals surface area contributed by atoms with Crippen LogP contribution in [0.2, 0.25) is 0 Å². The maximum Gasteiger partial charge on any atom is 0.472 e. The Labute approximate surface area is 438 Å². The standard InChI is InChI=1S/C61H111N2O7P/c1-6-8-10-12-14-16-18-20-21-22-23-24-25-26-27-28-29-30-31-32-33-34-35-36-37-38-39-40-41-42-44-46-48-50-52-54-60(65)62-58(57-70-71(67,68)69-56-55-63(3,4)5)61(66)59(64)53-51-49-47-45-43-19-17-15-13-11-9-7-2/h8,10,14-17,20-21,23-24,26-27,45,47,58-59,61,64,66H,6-7,9,11-13,18-19,22,25,28-44,46,48-57H2,1-5H3,(H-,62,65,67,68)/p+1/b10-8-,16-14-,17-15+,21-20-,24-23-,27-26-,47-45+. The number of unbranched alkanes of at least 4 members (excludes halogenated alkanes) is 24. The lowest BCUT2D eigenvalue weighted by molar-refractivity contribution is -0.870. The molecule has 0 spiro atoms. The third-order valence-corrected chi connectivity index (χ3v) is 13.7. The molecule has 0 fully saturated rings. The molecule has 10 heteroatoms. The van der Waals surface area contributed by atoms with Crippen molar-refractivity contribution in [3.05, 3.63) is 85.1 Å². The first-order valence-corrected chi connectivity index (χ1v) is 30.5. The van der Waals surface area contributed by atoms with Gasteiger partial charge in [-0.3, -0.25) is 13.8 Å². The molecule has 0 saturated carbocycles. The zero-order valence-corrected chi connectivity index (χ0v) is 47.4. The number of rotatable bonds is 52. The molecule has 412 valence electrons. The summed E-state index contributed by atoms with van der Waals surface area (Å²) < 4.78 is 23.6. The van der Waals surface area contributed by atoms with E-state index < -0.39 is 32.7 Å². The van der Waals surface area contributed by atoms with Crippen LogP contribution in [0.15, 0.2) is 85.1 Å². The monoisotopic (exact) mass is 1020 g/mol. The van der Waals surface area contributed by atoms with E-state index in [2.05, 4.69) is 104 Å². The van der Waals surface area contributed by atoms with Crippen LogP contribution in [0.4, 0.5) is 0 Å². The molecule has 1 amide bonds. The average Bonchev–Trinajstić information content (AvgIpc) is 3.33. The highest BCUT2D eigenvalue weighted by Crippen LogP contribution is 2.43. The Hall–Kier alpha value is -2.36. The lowest BCUT2D eigenvalue weighted by Crippen LogP contribution is -2.51. The number of amides is 1. The molecule has 4 atom stereocenters. The van der Waals surface area contributed by atoms with E-state index in [0.29, 0.717) is 23.9 Å². The highest BCUT2D eigenvalue weighted by atomic mass is 31.2. The van der Waals surface area contributed by atoms with Crippen molar-refractivity contribution >= 4 is 13.7 Å². The van der Waals surface area contributed by atoms with Gasteiger partial charge in [-0.1, -0.05) is 221 Å². The number of aliphatic hydroxyl groups is 2. The van der Waals surface area contributed by atoms with Gasteiger partial charge in [0.15, 0.2) is 0 Å². The van der Waals surface area contributed by atoms with E-state index in [0.717, 1.165) is 77.0 Å². The van der Waals surface area contributed by atoms with Crippen LogP contribution in [-0.2, 0) is 18.4 Å². The fraction of sp³-hybridized carbons (Fsp3) is 0.754. The number of nitrogens with zero attached hydrogens (tertiary/aromatic N) is 1. The number of aliphatic hydroxyl groups excluding tert-OH is 2. The van der Waals surface area contributed by atoms with Crippen molar-refractivity contribution in [1.82, 2.24) is 5.32 Å². The van der Waals surface area contributed by atoms with Crippen LogP contribution in [0.25, 0.3) is 0 Å². The molecule has 0 rings (SSSR count). The summed E-state index contributed by atoms with van der Waals surface area (Å²) in [4.78, 5) is 23.3. The van der Waals surface area contributed by atoms with Gasteiger partial charge in [-0.05, 0) is 96.3 Å². The quantitative estimate of drug-likeness (QED) is 0.0207. The van der Waals surface area contributed by atoms with Gasteiger partial charge in [-0.25, -0.2) is 4.57 Å². The number of carbonyl (C=O) groups is 1. The number of phosphoric ester groups is 1. The molecule has 0 saturated heterocycles. The van der Waals surface area contributed by atoms with Crippen molar-refractivity contribution in [3.63, 3.8) is 0 Å². The predicted molar refractivity (Wildman–Crippen MR) is 305 cm³/mol. The number of likely N-dealkylation sites (N-methyl/N-ethyl adjacent to an activating group) is 1. The molecule has 0 aromatic rings. The van der Waals surface area contributed by atoms with Crippen molar-refractivity contribution in [1.29, 1.82) is 0 Å². The fourth-order valence-corrected chi connectivity index (χ4v) is 8.86. The van der Waals surface area contributed by atoms with Crippen LogP contribution < -0.4 is 5.32 Å². The van der Waals surface area contributed by atoms with E-state index in [4.69, 9.17) is 9.05 Å². The number of allylic oxidation sites excluding steroid dienone is 14. The van der Waals surface area contributed by atoms with Gasteiger partial charge in [0, 0.05) is 6.42 Å². The third-order valence-electron chi connectivity index (χ3n) is 12.7. The van der Waals surface area contributed by atoms with Crippen molar-refractivity contribution in [2.75, 3.05) is 40.9 Å². The average molecular weight is 1020 g/mol. The lowest BCUT2D eigenvalue weighted by Gasteiger charge is -2.28. The number of hydrogen-bond donors (Lipinski definition) is 4. The molecular formula is C61H112N2O7P+. The Morgan fingerprint density at radius 2 is 0.887 bits per heavy atom. The summed E-state index contributed by atoms with van der Waals surface area (Å²) in [6.07, 6.45) is 68.3. The predicted octanol–water partition coefficient (Wildman–Crippen LogP) is 16.6. The minimum atomic E-state index is -4.43. The second-order valence-corrected chi connectivity index (χ2v) is 22.2. The van der Waals surface area contributed by atoms with E-state index in [-0.39, 0.29) is 18.9 Å². The first kappa shape index (κ1) is 68.6. The van der Waals surface area contributed by atoms with Crippen LogP contribution in [-0.4, -0.2) is 84.6 Å². The largest absolute Gasteiger partial charge is 0.472 e. The van der Waals surface area contributed by atoms with Crippen LogP contribution >= 0.6 is 7.82 Å². The number of hydrogen-bond acceptors (Lipinski definition) is 6. The summed E-state index contributed by atoms with van der Waals surface area (Å²) in [6, 6.07) is -1.06. The summed E-state index contributed by atoms with van der Waals surface area (Å²) in [7, 11) is 1.41. The van der Waals surface area contributed by atoms with Crippen LogP contribution in [0.3, 0.4) is 0 Å². The smallest absolute Gasteiger partial charge is 0.390 e. The van der Waals surface area contributed by atoms with Crippen molar-refractivity contribution < 1.29 is 38.0 Å². The van der Waals surface area contributed by atoms with Crippen LogP contribution in [0, 0.1) is 0 Å². The summed E-state index contributed by atoms with van der Waals surface area (Å²) in [5.74, 6) is -0.273. The Kier molecular flexibility index (Phi) is 49.4. The molecule has 4 unspecified atom stereocenters. The Balaban J connectivity index is 4.08. The van der Waals surface area contributed by atoms with Crippen LogP contribution in [0.5, 0.6) is 0 Å². The van der Waals surface area contributed by atoms with Crippen molar-refractivity contribution in [3.8, 4) is 0 Å². The molecule has 0 aliphatic heterocycles. The van der Waals surface area contributed by atoms with Gasteiger partial charge >= 0.3 is 7.82 Å². The molecule has 0 aromatic carbocycles. The molecule has 9 nitrogen and oxygen atoms in total. The fourth-order valence-electron chi connectivity index (χ4n) is 8.13. The van der Waals surface area contributed by atoms with Gasteiger partial charge in [0.05, 0.1) is 39.9 Å². The number of carbonyl (C=O) groups excluding carboxylic acids is 1. The second kappa shape index (κ2) is 51.1. The Morgan fingerprint density at radius 3 is 1.34 bits per heavy atom. The van der Waals surface area contributed by atoms with E-state index in [1.54, 1.807) is 0 Å². The summed E-state index contributed by atoms with van der Waals surface area (Å²) >= 11 is 0. The van der Waals surface area contributed by atoms with Crippen LogP contribution in [0.1, 0.15) is 239 Å². The van der Waals surface area contributed by atoms with Gasteiger partial charge in [0.25, 0.3) is 0 Å². The molecule has 0 aliphatic rings. The molecule has 0 radical (unpaired) electrons. The molecule has 0 bridgehead atoms. The number of nitrogens with one attached hydrogen (secondary N) is 1. The Morgan fingerprint density at radius 1 is 0.507 bits per heavy atom. The molecule has 0 aromatic heterocycles. The van der Waals surface area contributed by atoms with Gasteiger partial charge < -0.3 is 24.9 Å². The minimum Gasteiger partial charge on any atom is -0.390 e. The zero-order chi connectivity index (χ0) is 52.2. The molecule has 0 heterocycles.